The van der Waals surface area contributed by atoms with Gasteiger partial charge in [-0.05, 0) is 20.8 Å². The zero-order valence-corrected chi connectivity index (χ0v) is 13.1. The fourth-order valence-corrected chi connectivity index (χ4v) is 2.68. The summed E-state index contributed by atoms with van der Waals surface area (Å²) in [5.74, 6) is 0.277. The zero-order chi connectivity index (χ0) is 16.5. The van der Waals surface area contributed by atoms with Crippen molar-refractivity contribution in [2.24, 2.45) is 0 Å². The lowest BCUT2D eigenvalue weighted by molar-refractivity contribution is -0.384. The highest BCUT2D eigenvalue weighted by Gasteiger charge is 2.29. The largest absolute Gasteiger partial charge is 0.389 e. The van der Waals surface area contributed by atoms with Crippen molar-refractivity contribution in [2.45, 2.75) is 32.4 Å². The number of aliphatic hydroxyl groups is 1. The molecule has 1 aromatic rings. The minimum absolute atomic E-state index is 0.122. The second kappa shape index (κ2) is 6.01. The van der Waals surface area contributed by atoms with Gasteiger partial charge in [-0.1, -0.05) is 0 Å². The highest BCUT2D eigenvalue weighted by molar-refractivity contribution is 5.54. The van der Waals surface area contributed by atoms with E-state index >= 15 is 0 Å². The molecule has 1 aliphatic heterocycles. The number of nitrogen functional groups attached to an aromatic ring is 1. The van der Waals surface area contributed by atoms with Crippen molar-refractivity contribution in [3.05, 3.63) is 16.3 Å². The number of nitro groups is 1. The highest BCUT2D eigenvalue weighted by atomic mass is 16.6. The van der Waals surface area contributed by atoms with Gasteiger partial charge in [0.05, 0.1) is 10.5 Å². The number of aromatic nitrogens is 2. The number of nitrogens with zero attached hydrogens (tertiary/aromatic N) is 5. The third kappa shape index (κ3) is 3.80. The maximum absolute atomic E-state index is 10.8. The molecule has 2 rings (SSSR count). The van der Waals surface area contributed by atoms with Gasteiger partial charge in [-0.3, -0.25) is 15.0 Å². The van der Waals surface area contributed by atoms with Crippen LogP contribution in [0.2, 0.25) is 0 Å². The standard InChI is InChI=1S/C13H22N6O3/c1-9-7-17(8-13(2,3)20)4-5-18(9)12-15-6-10(19(21)22)11(14)16-12/h6,9,20H,4-5,7-8H2,1-3H3,(H2,14,15,16). The van der Waals surface area contributed by atoms with Crippen molar-refractivity contribution in [3.8, 4) is 0 Å². The molecule has 0 spiro atoms. The Morgan fingerprint density at radius 1 is 1.55 bits per heavy atom. The molecule has 1 atom stereocenters. The molecule has 0 bridgehead atoms. The van der Waals surface area contributed by atoms with Crippen LogP contribution in [-0.4, -0.2) is 62.7 Å². The Morgan fingerprint density at radius 2 is 2.23 bits per heavy atom. The first-order valence-corrected chi connectivity index (χ1v) is 7.15. The Hall–Kier alpha value is -2.00. The van der Waals surface area contributed by atoms with E-state index in [4.69, 9.17) is 5.73 Å². The first-order chi connectivity index (χ1) is 10.2. The smallest absolute Gasteiger partial charge is 0.329 e. The SMILES string of the molecule is CC1CN(CC(C)(C)O)CCN1c1ncc([N+](=O)[O-])c(N)n1. The summed E-state index contributed by atoms with van der Waals surface area (Å²) in [5, 5.41) is 20.6. The molecule has 2 heterocycles. The molecule has 0 aliphatic carbocycles. The van der Waals surface area contributed by atoms with Gasteiger partial charge >= 0.3 is 5.69 Å². The quantitative estimate of drug-likeness (QED) is 0.599. The molecule has 1 fully saturated rings. The van der Waals surface area contributed by atoms with Gasteiger partial charge in [0.2, 0.25) is 11.8 Å². The Morgan fingerprint density at radius 3 is 2.73 bits per heavy atom. The number of hydrogen-bond donors (Lipinski definition) is 2. The van der Waals surface area contributed by atoms with Crippen LogP contribution in [0.15, 0.2) is 6.20 Å². The van der Waals surface area contributed by atoms with Crippen LogP contribution >= 0.6 is 0 Å². The summed E-state index contributed by atoms with van der Waals surface area (Å²) in [6.07, 6.45) is 1.15. The van der Waals surface area contributed by atoms with Crippen molar-refractivity contribution in [1.29, 1.82) is 0 Å². The lowest BCUT2D eigenvalue weighted by atomic mass is 10.1. The van der Waals surface area contributed by atoms with Crippen LogP contribution < -0.4 is 10.6 Å². The van der Waals surface area contributed by atoms with Crippen LogP contribution in [0.4, 0.5) is 17.5 Å². The molecule has 1 saturated heterocycles. The van der Waals surface area contributed by atoms with Crippen LogP contribution in [0.3, 0.4) is 0 Å². The van der Waals surface area contributed by atoms with Crippen LogP contribution in [-0.2, 0) is 0 Å². The maximum Gasteiger partial charge on any atom is 0.329 e. The van der Waals surface area contributed by atoms with Gasteiger partial charge < -0.3 is 15.7 Å². The minimum atomic E-state index is -0.740. The van der Waals surface area contributed by atoms with Crippen LogP contribution in [0, 0.1) is 10.1 Å². The molecule has 0 saturated carbocycles. The van der Waals surface area contributed by atoms with Crippen molar-refractivity contribution in [2.75, 3.05) is 36.8 Å². The summed E-state index contributed by atoms with van der Waals surface area (Å²) in [6.45, 7) is 8.37. The van der Waals surface area contributed by atoms with Gasteiger partial charge in [0.25, 0.3) is 0 Å². The predicted molar refractivity (Wildman–Crippen MR) is 82.6 cm³/mol. The Balaban J connectivity index is 2.09. The molecule has 0 aromatic carbocycles. The fraction of sp³-hybridized carbons (Fsp3) is 0.692. The van der Waals surface area contributed by atoms with E-state index in [0.29, 0.717) is 19.0 Å². The monoisotopic (exact) mass is 310 g/mol. The Bertz CT molecular complexity index is 559. The van der Waals surface area contributed by atoms with Crippen LogP contribution in [0.1, 0.15) is 20.8 Å². The molecule has 122 valence electrons. The molecule has 1 aliphatic rings. The van der Waals surface area contributed by atoms with Crippen LogP contribution in [0.5, 0.6) is 0 Å². The molecule has 9 heteroatoms. The third-order valence-electron chi connectivity index (χ3n) is 3.56. The van der Waals surface area contributed by atoms with Gasteiger partial charge in [-0.15, -0.1) is 0 Å². The lowest BCUT2D eigenvalue weighted by Crippen LogP contribution is -2.55. The average molecular weight is 310 g/mol. The van der Waals surface area contributed by atoms with Gasteiger partial charge in [0.15, 0.2) is 0 Å². The van der Waals surface area contributed by atoms with Crippen molar-refractivity contribution in [1.82, 2.24) is 14.9 Å². The number of rotatable bonds is 4. The molecule has 9 nitrogen and oxygen atoms in total. The van der Waals surface area contributed by atoms with Gasteiger partial charge in [0.1, 0.15) is 6.20 Å². The number of piperazine rings is 1. The maximum atomic E-state index is 10.8. The number of β-amino-alcohol motifs (C(OH)–C–C–N with tert-alkyl or cyclic N) is 1. The number of anilines is 2. The van der Waals surface area contributed by atoms with Gasteiger partial charge in [0, 0.05) is 32.2 Å². The fourth-order valence-electron chi connectivity index (χ4n) is 2.68. The van der Waals surface area contributed by atoms with E-state index in [1.54, 1.807) is 13.8 Å². The van der Waals surface area contributed by atoms with Crippen LogP contribution in [0.25, 0.3) is 0 Å². The second-order valence-corrected chi connectivity index (χ2v) is 6.29. The molecule has 1 aromatic heterocycles. The number of nitrogens with two attached hydrogens (primary N) is 1. The van der Waals surface area contributed by atoms with E-state index in [-0.39, 0.29) is 17.5 Å². The first kappa shape index (κ1) is 16.4. The topological polar surface area (TPSA) is 122 Å². The van der Waals surface area contributed by atoms with E-state index in [0.717, 1.165) is 19.3 Å². The Kier molecular flexibility index (Phi) is 4.47. The van der Waals surface area contributed by atoms with E-state index in [1.807, 2.05) is 11.8 Å². The molecule has 3 N–H and O–H groups in total. The van der Waals surface area contributed by atoms with E-state index < -0.39 is 10.5 Å². The summed E-state index contributed by atoms with van der Waals surface area (Å²) in [5.41, 5.74) is 4.60. The van der Waals surface area contributed by atoms with Gasteiger partial charge in [-0.2, -0.15) is 4.98 Å². The summed E-state index contributed by atoms with van der Waals surface area (Å²) in [4.78, 5) is 22.4. The summed E-state index contributed by atoms with van der Waals surface area (Å²) >= 11 is 0. The molecule has 1 unspecified atom stereocenters. The molecular formula is C13H22N6O3. The zero-order valence-electron chi connectivity index (χ0n) is 13.1. The van der Waals surface area contributed by atoms with Crippen molar-refractivity contribution >= 4 is 17.5 Å². The number of hydrogen-bond acceptors (Lipinski definition) is 8. The molecule has 22 heavy (non-hydrogen) atoms. The predicted octanol–water partition coefficient (Wildman–Crippen LogP) is 0.248. The molecule has 0 radical (unpaired) electrons. The van der Waals surface area contributed by atoms with E-state index in [1.165, 1.54) is 0 Å². The average Bonchev–Trinajstić information content (AvgIpc) is 2.36. The third-order valence-corrected chi connectivity index (χ3v) is 3.56. The lowest BCUT2D eigenvalue weighted by Gasteiger charge is -2.41. The van der Waals surface area contributed by atoms with Crippen molar-refractivity contribution in [3.63, 3.8) is 0 Å². The summed E-state index contributed by atoms with van der Waals surface area (Å²) in [6, 6.07) is 0.122. The summed E-state index contributed by atoms with van der Waals surface area (Å²) in [7, 11) is 0. The molecule has 0 amide bonds. The highest BCUT2D eigenvalue weighted by Crippen LogP contribution is 2.23. The minimum Gasteiger partial charge on any atom is -0.389 e. The van der Waals surface area contributed by atoms with E-state index in [9.17, 15) is 15.2 Å². The second-order valence-electron chi connectivity index (χ2n) is 6.29. The van der Waals surface area contributed by atoms with Crippen molar-refractivity contribution < 1.29 is 10.0 Å². The Labute approximate surface area is 128 Å². The summed E-state index contributed by atoms with van der Waals surface area (Å²) < 4.78 is 0. The van der Waals surface area contributed by atoms with Gasteiger partial charge in [-0.25, -0.2) is 4.98 Å². The molecular weight excluding hydrogens is 288 g/mol. The first-order valence-electron chi connectivity index (χ1n) is 7.15. The normalized spacial score (nSPS) is 20.2. The van der Waals surface area contributed by atoms with E-state index in [2.05, 4.69) is 14.9 Å².